The number of methoxy groups -OCH3 is 3. The Morgan fingerprint density at radius 2 is 1.89 bits per heavy atom. The van der Waals surface area contributed by atoms with Gasteiger partial charge in [0, 0.05) is 16.1 Å². The molecule has 2 aromatic carbocycles. The van der Waals surface area contributed by atoms with Crippen molar-refractivity contribution in [3.63, 3.8) is 0 Å². The molecule has 0 amide bonds. The van der Waals surface area contributed by atoms with Crippen LogP contribution in [0.2, 0.25) is 5.02 Å². The van der Waals surface area contributed by atoms with Gasteiger partial charge in [-0.1, -0.05) is 11.6 Å². The van der Waals surface area contributed by atoms with E-state index in [0.717, 1.165) is 5.56 Å². The molecular weight excluding hydrogens is 376 g/mol. The lowest BCUT2D eigenvalue weighted by molar-refractivity contribution is -0.0180. The number of ether oxygens (including phenoxy) is 6. The first-order valence-electron chi connectivity index (χ1n) is 8.07. The van der Waals surface area contributed by atoms with Crippen molar-refractivity contribution in [2.45, 2.75) is 13.2 Å². The highest BCUT2D eigenvalue weighted by atomic mass is 35.5. The fourth-order valence-corrected chi connectivity index (χ4v) is 3.11. The van der Waals surface area contributed by atoms with Crippen LogP contribution in [0.1, 0.15) is 21.5 Å². The number of hydrogen-bond acceptors (Lipinski definition) is 7. The van der Waals surface area contributed by atoms with Gasteiger partial charge in [-0.05, 0) is 24.3 Å². The third kappa shape index (κ3) is 3.89. The summed E-state index contributed by atoms with van der Waals surface area (Å²) in [5, 5.41) is 0.512. The molecular formula is C19H19ClO7. The van der Waals surface area contributed by atoms with Crippen LogP contribution in [0.15, 0.2) is 24.3 Å². The van der Waals surface area contributed by atoms with Crippen molar-refractivity contribution in [2.75, 3.05) is 28.1 Å². The Kier molecular flexibility index (Phi) is 5.93. The predicted octanol–water partition coefficient (Wildman–Crippen LogP) is 3.59. The highest BCUT2D eigenvalue weighted by Gasteiger charge is 2.23. The molecule has 7 nitrogen and oxygen atoms in total. The average Bonchev–Trinajstić information content (AvgIpc) is 2.70. The van der Waals surface area contributed by atoms with E-state index in [1.807, 2.05) is 0 Å². The first-order valence-corrected chi connectivity index (χ1v) is 8.44. The summed E-state index contributed by atoms with van der Waals surface area (Å²) in [7, 11) is 4.41. The third-order valence-electron chi connectivity index (χ3n) is 4.03. The van der Waals surface area contributed by atoms with E-state index in [4.69, 9.17) is 40.0 Å². The number of carbonyl (C=O) groups is 1. The largest absolute Gasteiger partial charge is 0.493 e. The summed E-state index contributed by atoms with van der Waals surface area (Å²) < 4.78 is 32.1. The first kappa shape index (κ1) is 19.1. The Bertz CT molecular complexity index is 850. The first-order chi connectivity index (χ1) is 13.1. The van der Waals surface area contributed by atoms with E-state index in [-0.39, 0.29) is 24.7 Å². The molecule has 0 N–H and O–H groups in total. The highest BCUT2D eigenvalue weighted by Crippen LogP contribution is 2.40. The van der Waals surface area contributed by atoms with Crippen LogP contribution in [0.5, 0.6) is 23.0 Å². The van der Waals surface area contributed by atoms with Crippen LogP contribution >= 0.6 is 11.6 Å². The number of benzene rings is 2. The molecule has 1 heterocycles. The molecule has 27 heavy (non-hydrogen) atoms. The third-order valence-corrected chi connectivity index (χ3v) is 4.25. The maximum absolute atomic E-state index is 12.6. The maximum Gasteiger partial charge on any atom is 0.342 e. The molecule has 1 aliphatic rings. The van der Waals surface area contributed by atoms with Gasteiger partial charge in [-0.25, -0.2) is 4.79 Å². The van der Waals surface area contributed by atoms with E-state index in [2.05, 4.69) is 0 Å². The molecule has 3 rings (SSSR count). The zero-order chi connectivity index (χ0) is 19.4. The zero-order valence-corrected chi connectivity index (χ0v) is 15.9. The Labute approximate surface area is 161 Å². The number of esters is 1. The topological polar surface area (TPSA) is 72.5 Å². The molecule has 0 spiro atoms. The number of rotatable bonds is 6. The molecule has 1 aliphatic heterocycles. The summed E-state index contributed by atoms with van der Waals surface area (Å²) in [6.07, 6.45) is 0. The van der Waals surface area contributed by atoms with E-state index >= 15 is 0 Å². The van der Waals surface area contributed by atoms with Gasteiger partial charge >= 0.3 is 5.97 Å². The molecule has 8 heteroatoms. The van der Waals surface area contributed by atoms with Gasteiger partial charge in [-0.2, -0.15) is 0 Å². The van der Waals surface area contributed by atoms with Gasteiger partial charge in [0.15, 0.2) is 18.3 Å². The van der Waals surface area contributed by atoms with E-state index in [9.17, 15) is 4.79 Å². The van der Waals surface area contributed by atoms with Crippen molar-refractivity contribution in [3.05, 3.63) is 46.0 Å². The minimum Gasteiger partial charge on any atom is -0.493 e. The smallest absolute Gasteiger partial charge is 0.342 e. The molecule has 2 aromatic rings. The lowest BCUT2D eigenvalue weighted by Gasteiger charge is -2.21. The second-order valence-corrected chi connectivity index (χ2v) is 6.06. The maximum atomic E-state index is 12.6. The molecule has 0 fully saturated rings. The Balaban J connectivity index is 1.84. The summed E-state index contributed by atoms with van der Waals surface area (Å²) in [5.74, 6) is 1.05. The quantitative estimate of drug-likeness (QED) is 0.693. The lowest BCUT2D eigenvalue weighted by Crippen LogP contribution is -2.14. The van der Waals surface area contributed by atoms with Gasteiger partial charge in [-0.3, -0.25) is 0 Å². The number of hydrogen-bond donors (Lipinski definition) is 0. The van der Waals surface area contributed by atoms with E-state index < -0.39 is 5.97 Å². The molecule has 0 bridgehead atoms. The molecule has 0 saturated carbocycles. The van der Waals surface area contributed by atoms with Crippen molar-refractivity contribution in [1.82, 2.24) is 0 Å². The van der Waals surface area contributed by atoms with E-state index in [1.165, 1.54) is 21.3 Å². The average molecular weight is 395 g/mol. The van der Waals surface area contributed by atoms with Crippen LogP contribution in [-0.2, 0) is 22.7 Å². The van der Waals surface area contributed by atoms with Crippen LogP contribution in [-0.4, -0.2) is 34.1 Å². The summed E-state index contributed by atoms with van der Waals surface area (Å²) in [6.45, 7) is 0.513. The zero-order valence-electron chi connectivity index (χ0n) is 15.2. The standard InChI is InChI=1S/C19H19ClO7/c1-22-15-5-4-14(17(23-2)18(15)24-3)19(21)26-9-12-7-13(20)6-11-8-25-10-27-16(11)12/h4-7H,8-10H2,1-3H3. The minimum absolute atomic E-state index is 0.0147. The molecule has 144 valence electrons. The Morgan fingerprint density at radius 1 is 1.11 bits per heavy atom. The van der Waals surface area contributed by atoms with Crippen molar-refractivity contribution in [1.29, 1.82) is 0 Å². The van der Waals surface area contributed by atoms with Gasteiger partial charge in [0.1, 0.15) is 17.9 Å². The van der Waals surface area contributed by atoms with Crippen LogP contribution in [0, 0.1) is 0 Å². The second-order valence-electron chi connectivity index (χ2n) is 5.62. The van der Waals surface area contributed by atoms with Crippen molar-refractivity contribution in [2.24, 2.45) is 0 Å². The lowest BCUT2D eigenvalue weighted by atomic mass is 10.1. The van der Waals surface area contributed by atoms with Crippen LogP contribution in [0.25, 0.3) is 0 Å². The van der Waals surface area contributed by atoms with E-state index in [1.54, 1.807) is 24.3 Å². The Hall–Kier alpha value is -2.64. The molecule has 0 aromatic heterocycles. The molecule has 0 aliphatic carbocycles. The van der Waals surface area contributed by atoms with E-state index in [0.29, 0.717) is 34.4 Å². The summed E-state index contributed by atoms with van der Waals surface area (Å²) in [4.78, 5) is 12.6. The van der Waals surface area contributed by atoms with Gasteiger partial charge in [0.25, 0.3) is 0 Å². The number of carbonyl (C=O) groups excluding carboxylic acids is 1. The van der Waals surface area contributed by atoms with Gasteiger partial charge in [-0.15, -0.1) is 0 Å². The predicted molar refractivity (Wildman–Crippen MR) is 97.0 cm³/mol. The summed E-state index contributed by atoms with van der Waals surface area (Å²) in [6, 6.07) is 6.63. The molecule has 0 radical (unpaired) electrons. The van der Waals surface area contributed by atoms with Crippen molar-refractivity contribution in [3.8, 4) is 23.0 Å². The number of fused-ring (bicyclic) bond motifs is 1. The van der Waals surface area contributed by atoms with Gasteiger partial charge < -0.3 is 28.4 Å². The van der Waals surface area contributed by atoms with Crippen molar-refractivity contribution < 1.29 is 33.2 Å². The molecule has 0 unspecified atom stereocenters. The van der Waals surface area contributed by atoms with Gasteiger partial charge in [0.05, 0.1) is 27.9 Å². The normalized spacial score (nSPS) is 12.6. The van der Waals surface area contributed by atoms with Crippen LogP contribution < -0.4 is 18.9 Å². The monoisotopic (exact) mass is 394 g/mol. The van der Waals surface area contributed by atoms with Gasteiger partial charge in [0.2, 0.25) is 5.75 Å². The number of halogens is 1. The fraction of sp³-hybridized carbons (Fsp3) is 0.316. The minimum atomic E-state index is -0.575. The van der Waals surface area contributed by atoms with Crippen LogP contribution in [0.3, 0.4) is 0 Å². The Morgan fingerprint density at radius 3 is 2.59 bits per heavy atom. The van der Waals surface area contributed by atoms with Crippen molar-refractivity contribution >= 4 is 17.6 Å². The highest BCUT2D eigenvalue weighted by molar-refractivity contribution is 6.30. The second kappa shape index (κ2) is 8.37. The summed E-state index contributed by atoms with van der Waals surface area (Å²) in [5.41, 5.74) is 1.69. The molecule has 0 saturated heterocycles. The SMILES string of the molecule is COc1ccc(C(=O)OCc2cc(Cl)cc3c2OCOC3)c(OC)c1OC. The summed E-state index contributed by atoms with van der Waals surface area (Å²) >= 11 is 6.13. The molecule has 0 atom stereocenters. The van der Waals surface area contributed by atoms with Crippen LogP contribution in [0.4, 0.5) is 0 Å². The fourth-order valence-electron chi connectivity index (χ4n) is 2.85.